The van der Waals surface area contributed by atoms with Gasteiger partial charge < -0.3 is 9.84 Å². The molecule has 118 valence electrons. The van der Waals surface area contributed by atoms with E-state index >= 15 is 0 Å². The number of aromatic hydroxyl groups is 1. The summed E-state index contributed by atoms with van der Waals surface area (Å²) in [5.41, 5.74) is 4.39. The normalized spacial score (nSPS) is 10.7. The maximum absolute atomic E-state index is 10.6. The molecule has 0 bridgehead atoms. The van der Waals surface area contributed by atoms with Gasteiger partial charge in [-0.1, -0.05) is 30.7 Å². The van der Waals surface area contributed by atoms with E-state index in [1.54, 1.807) is 11.8 Å². The third-order valence-electron chi connectivity index (χ3n) is 3.87. The molecule has 0 aliphatic heterocycles. The molecule has 3 aromatic rings. The minimum Gasteiger partial charge on any atom is -0.504 e. The number of rotatable bonds is 4. The molecule has 1 heterocycles. The van der Waals surface area contributed by atoms with Crippen molar-refractivity contribution < 1.29 is 9.84 Å². The van der Waals surface area contributed by atoms with Gasteiger partial charge in [0.05, 0.1) is 12.8 Å². The lowest BCUT2D eigenvalue weighted by molar-refractivity contribution is 0.414. The summed E-state index contributed by atoms with van der Waals surface area (Å²) in [5.74, 6) is 1.03. The molecular formula is C19H20N2O2. The predicted octanol–water partition coefficient (Wildman–Crippen LogP) is 4.12. The highest BCUT2D eigenvalue weighted by Gasteiger charge is 2.19. The lowest BCUT2D eigenvalue weighted by Gasteiger charge is -2.09. The van der Waals surface area contributed by atoms with Crippen LogP contribution in [0.4, 0.5) is 0 Å². The number of aryl methyl sites for hydroxylation is 2. The first kappa shape index (κ1) is 15.2. The van der Waals surface area contributed by atoms with E-state index in [1.807, 2.05) is 56.3 Å². The Hall–Kier alpha value is -2.75. The summed E-state index contributed by atoms with van der Waals surface area (Å²) in [6.45, 7) is 4.02. The molecule has 1 N–H and O–H groups in total. The van der Waals surface area contributed by atoms with Crippen LogP contribution in [0.5, 0.6) is 11.5 Å². The highest BCUT2D eigenvalue weighted by molar-refractivity contribution is 5.70. The van der Waals surface area contributed by atoms with Gasteiger partial charge >= 0.3 is 0 Å². The van der Waals surface area contributed by atoms with Crippen LogP contribution in [0.1, 0.15) is 18.2 Å². The minimum atomic E-state index is 0.244. The standard InChI is InChI=1S/C19H20N2O2/c1-4-17-19(22)18(14-7-5-6-13(2)12-14)21(20-17)15-8-10-16(23-3)11-9-15/h5-12,22H,4H2,1-3H3. The van der Waals surface area contributed by atoms with E-state index < -0.39 is 0 Å². The fourth-order valence-corrected chi connectivity index (χ4v) is 2.65. The number of hydrogen-bond donors (Lipinski definition) is 1. The van der Waals surface area contributed by atoms with Crippen molar-refractivity contribution in [3.63, 3.8) is 0 Å². The summed E-state index contributed by atoms with van der Waals surface area (Å²) in [4.78, 5) is 0. The van der Waals surface area contributed by atoms with Crippen molar-refractivity contribution in [1.82, 2.24) is 9.78 Å². The largest absolute Gasteiger partial charge is 0.504 e. The lowest BCUT2D eigenvalue weighted by Crippen LogP contribution is -2.00. The molecule has 23 heavy (non-hydrogen) atoms. The van der Waals surface area contributed by atoms with Crippen molar-refractivity contribution >= 4 is 0 Å². The fourth-order valence-electron chi connectivity index (χ4n) is 2.65. The second kappa shape index (κ2) is 6.16. The van der Waals surface area contributed by atoms with Crippen LogP contribution in [-0.4, -0.2) is 22.0 Å². The van der Waals surface area contributed by atoms with Crippen LogP contribution in [0.25, 0.3) is 16.9 Å². The first-order valence-corrected chi connectivity index (χ1v) is 7.66. The number of methoxy groups -OCH3 is 1. The van der Waals surface area contributed by atoms with Crippen LogP contribution in [0.2, 0.25) is 0 Å². The minimum absolute atomic E-state index is 0.244. The van der Waals surface area contributed by atoms with Gasteiger partial charge in [-0.05, 0) is 43.7 Å². The highest BCUT2D eigenvalue weighted by Crippen LogP contribution is 2.35. The Morgan fingerprint density at radius 2 is 1.87 bits per heavy atom. The van der Waals surface area contributed by atoms with E-state index in [1.165, 1.54) is 0 Å². The van der Waals surface area contributed by atoms with Crippen LogP contribution < -0.4 is 4.74 Å². The molecule has 0 unspecified atom stereocenters. The van der Waals surface area contributed by atoms with E-state index in [4.69, 9.17) is 4.74 Å². The van der Waals surface area contributed by atoms with Gasteiger partial charge in [0.25, 0.3) is 0 Å². The van der Waals surface area contributed by atoms with Crippen LogP contribution >= 0.6 is 0 Å². The molecule has 3 rings (SSSR count). The van der Waals surface area contributed by atoms with Crippen LogP contribution in [0.15, 0.2) is 48.5 Å². The smallest absolute Gasteiger partial charge is 0.165 e. The van der Waals surface area contributed by atoms with Gasteiger partial charge in [-0.15, -0.1) is 0 Å². The number of benzene rings is 2. The van der Waals surface area contributed by atoms with Gasteiger partial charge in [0.2, 0.25) is 0 Å². The van der Waals surface area contributed by atoms with Gasteiger partial charge in [-0.25, -0.2) is 4.68 Å². The molecule has 4 heteroatoms. The van der Waals surface area contributed by atoms with Crippen molar-refractivity contribution in [2.45, 2.75) is 20.3 Å². The maximum Gasteiger partial charge on any atom is 0.165 e. The van der Waals surface area contributed by atoms with Crippen LogP contribution in [0.3, 0.4) is 0 Å². The van der Waals surface area contributed by atoms with Gasteiger partial charge in [-0.3, -0.25) is 0 Å². The topological polar surface area (TPSA) is 47.3 Å². The zero-order chi connectivity index (χ0) is 16.4. The predicted molar refractivity (Wildman–Crippen MR) is 91.3 cm³/mol. The zero-order valence-corrected chi connectivity index (χ0v) is 13.6. The average molecular weight is 308 g/mol. The van der Waals surface area contributed by atoms with Crippen molar-refractivity contribution in [1.29, 1.82) is 0 Å². The summed E-state index contributed by atoms with van der Waals surface area (Å²) in [7, 11) is 1.64. The van der Waals surface area contributed by atoms with E-state index in [0.29, 0.717) is 12.1 Å². The molecule has 4 nitrogen and oxygen atoms in total. The SMILES string of the molecule is CCc1nn(-c2ccc(OC)cc2)c(-c2cccc(C)c2)c1O. The molecule has 0 aliphatic carbocycles. The van der Waals surface area contributed by atoms with E-state index in [0.717, 1.165) is 28.3 Å². The lowest BCUT2D eigenvalue weighted by atomic mass is 10.1. The first-order chi connectivity index (χ1) is 11.1. The van der Waals surface area contributed by atoms with Gasteiger partial charge in [0.1, 0.15) is 17.1 Å². The molecule has 0 amide bonds. The van der Waals surface area contributed by atoms with E-state index in [2.05, 4.69) is 11.2 Å². The Morgan fingerprint density at radius 3 is 2.48 bits per heavy atom. The molecule has 0 spiro atoms. The average Bonchev–Trinajstić information content (AvgIpc) is 2.91. The molecule has 0 fully saturated rings. The Morgan fingerprint density at radius 1 is 1.13 bits per heavy atom. The first-order valence-electron chi connectivity index (χ1n) is 7.66. The fraction of sp³-hybridized carbons (Fsp3) is 0.211. The monoisotopic (exact) mass is 308 g/mol. The molecule has 2 aromatic carbocycles. The molecule has 1 aromatic heterocycles. The Balaban J connectivity index is 2.19. The second-order valence-corrected chi connectivity index (χ2v) is 5.48. The molecule has 0 saturated carbocycles. The summed E-state index contributed by atoms with van der Waals surface area (Å²) >= 11 is 0. The van der Waals surface area contributed by atoms with Crippen molar-refractivity contribution in [3.8, 4) is 28.4 Å². The zero-order valence-electron chi connectivity index (χ0n) is 13.6. The molecule has 0 aliphatic rings. The number of hydrogen-bond acceptors (Lipinski definition) is 3. The third kappa shape index (κ3) is 2.80. The summed E-state index contributed by atoms with van der Waals surface area (Å²) in [6.07, 6.45) is 0.674. The van der Waals surface area contributed by atoms with Crippen molar-refractivity contribution in [2.75, 3.05) is 7.11 Å². The Kier molecular flexibility index (Phi) is 4.06. The summed E-state index contributed by atoms with van der Waals surface area (Å²) in [6, 6.07) is 15.7. The number of ether oxygens (including phenoxy) is 1. The van der Waals surface area contributed by atoms with Crippen molar-refractivity contribution in [2.24, 2.45) is 0 Å². The second-order valence-electron chi connectivity index (χ2n) is 5.48. The summed E-state index contributed by atoms with van der Waals surface area (Å²) < 4.78 is 7.00. The number of aromatic nitrogens is 2. The van der Waals surface area contributed by atoms with E-state index in [9.17, 15) is 5.11 Å². The molecule has 0 atom stereocenters. The van der Waals surface area contributed by atoms with Gasteiger partial charge in [0, 0.05) is 5.56 Å². The summed E-state index contributed by atoms with van der Waals surface area (Å²) in [5, 5.41) is 15.2. The highest BCUT2D eigenvalue weighted by atomic mass is 16.5. The van der Waals surface area contributed by atoms with Crippen LogP contribution in [-0.2, 0) is 6.42 Å². The van der Waals surface area contributed by atoms with Gasteiger partial charge in [0.15, 0.2) is 5.75 Å². The molecular weight excluding hydrogens is 288 g/mol. The molecule has 0 radical (unpaired) electrons. The third-order valence-corrected chi connectivity index (χ3v) is 3.87. The van der Waals surface area contributed by atoms with Crippen LogP contribution in [0, 0.1) is 6.92 Å². The van der Waals surface area contributed by atoms with Crippen molar-refractivity contribution in [3.05, 3.63) is 59.8 Å². The Bertz CT molecular complexity index is 820. The quantitative estimate of drug-likeness (QED) is 0.788. The van der Waals surface area contributed by atoms with E-state index in [-0.39, 0.29) is 5.75 Å². The maximum atomic E-state index is 10.6. The molecule has 0 saturated heterocycles. The van der Waals surface area contributed by atoms with Gasteiger partial charge in [-0.2, -0.15) is 5.10 Å². The Labute approximate surface area is 136 Å². The number of nitrogens with zero attached hydrogens (tertiary/aromatic N) is 2.